The molecule has 0 radical (unpaired) electrons. The van der Waals surface area contributed by atoms with Crippen molar-refractivity contribution in [2.75, 3.05) is 32.4 Å². The number of likely N-dealkylation sites (tertiary alicyclic amines) is 1. The van der Waals surface area contributed by atoms with Gasteiger partial charge >= 0.3 is 0 Å². The van der Waals surface area contributed by atoms with Crippen LogP contribution in [0.25, 0.3) is 0 Å². The van der Waals surface area contributed by atoms with Crippen LogP contribution < -0.4 is 0 Å². The van der Waals surface area contributed by atoms with E-state index in [1.54, 1.807) is 0 Å². The van der Waals surface area contributed by atoms with E-state index in [2.05, 4.69) is 22.3 Å². The van der Waals surface area contributed by atoms with Gasteiger partial charge in [0, 0.05) is 43.9 Å². The van der Waals surface area contributed by atoms with Crippen LogP contribution >= 0.6 is 0 Å². The Bertz CT molecular complexity index is 1060. The number of amides is 1. The molecular weight excluding hydrogens is 416 g/mol. The number of hydrogen-bond acceptors (Lipinski definition) is 6. The van der Waals surface area contributed by atoms with Gasteiger partial charge in [-0.3, -0.25) is 4.79 Å². The van der Waals surface area contributed by atoms with E-state index in [0.717, 1.165) is 31.5 Å². The lowest BCUT2D eigenvalue weighted by Crippen LogP contribution is -2.61. The zero-order valence-electron chi connectivity index (χ0n) is 17.7. The third-order valence-corrected chi connectivity index (χ3v) is 8.06. The number of carbonyl (C=O) groups excluding carboxylic acids is 1. The average molecular weight is 445 g/mol. The third kappa shape index (κ3) is 4.13. The zero-order valence-corrected chi connectivity index (χ0v) is 18.6. The lowest BCUT2D eigenvalue weighted by atomic mass is 9.71. The normalized spacial score (nSPS) is 23.3. The Hall–Kier alpha value is -2.26. The Morgan fingerprint density at radius 1 is 1.19 bits per heavy atom. The Labute approximate surface area is 182 Å². The van der Waals surface area contributed by atoms with E-state index in [9.17, 15) is 13.2 Å². The fourth-order valence-electron chi connectivity index (χ4n) is 4.87. The first-order valence-electron chi connectivity index (χ1n) is 10.9. The highest BCUT2D eigenvalue weighted by atomic mass is 32.2. The van der Waals surface area contributed by atoms with Gasteiger partial charge in [0.2, 0.25) is 21.8 Å². The predicted octanol–water partition coefficient (Wildman–Crippen LogP) is 2.16. The van der Waals surface area contributed by atoms with Crippen molar-refractivity contribution in [1.82, 2.24) is 19.3 Å². The highest BCUT2D eigenvalue weighted by molar-refractivity contribution is 7.88. The summed E-state index contributed by atoms with van der Waals surface area (Å²) in [5.41, 5.74) is 0.892. The second-order valence-electron chi connectivity index (χ2n) is 9.32. The van der Waals surface area contributed by atoms with Gasteiger partial charge in [-0.05, 0) is 31.2 Å². The number of sulfonamides is 1. The summed E-state index contributed by atoms with van der Waals surface area (Å²) < 4.78 is 31.5. The molecule has 31 heavy (non-hydrogen) atoms. The number of aryl methyl sites for hydroxylation is 1. The number of benzene rings is 1. The van der Waals surface area contributed by atoms with Crippen molar-refractivity contribution in [3.63, 3.8) is 0 Å². The largest absolute Gasteiger partial charge is 0.341 e. The van der Waals surface area contributed by atoms with Gasteiger partial charge in [0.05, 0.1) is 12.2 Å². The maximum Gasteiger partial charge on any atom is 0.231 e. The molecule has 166 valence electrons. The van der Waals surface area contributed by atoms with Crippen molar-refractivity contribution in [3.05, 3.63) is 47.6 Å². The molecule has 3 heterocycles. The van der Waals surface area contributed by atoms with Gasteiger partial charge in [-0.1, -0.05) is 35.5 Å². The highest BCUT2D eigenvalue weighted by Crippen LogP contribution is 2.50. The predicted molar refractivity (Wildman–Crippen MR) is 114 cm³/mol. The van der Waals surface area contributed by atoms with E-state index >= 15 is 0 Å². The van der Waals surface area contributed by atoms with E-state index in [1.165, 1.54) is 16.1 Å². The first-order valence-corrected chi connectivity index (χ1v) is 12.8. The summed E-state index contributed by atoms with van der Waals surface area (Å²) in [4.78, 5) is 19.2. The molecule has 1 atom stereocenters. The maximum atomic E-state index is 12.7. The van der Waals surface area contributed by atoms with Crippen molar-refractivity contribution < 1.29 is 17.7 Å². The minimum Gasteiger partial charge on any atom is -0.341 e. The number of hydrogen-bond donors (Lipinski definition) is 0. The molecule has 9 heteroatoms. The molecule has 1 spiro atoms. The SMILES string of the molecule is CS(=O)(=O)N1CC(c2nc(C3CC3)no2)C2(CN(C(=O)CCCc3ccccc3)C2)C1. The summed E-state index contributed by atoms with van der Waals surface area (Å²) in [5, 5.41) is 4.12. The van der Waals surface area contributed by atoms with Crippen LogP contribution in [0.1, 0.15) is 54.8 Å². The quantitative estimate of drug-likeness (QED) is 0.649. The molecule has 0 N–H and O–H groups in total. The van der Waals surface area contributed by atoms with Crippen LogP contribution in [0.2, 0.25) is 0 Å². The molecular formula is C22H28N4O4S. The van der Waals surface area contributed by atoms with E-state index in [4.69, 9.17) is 4.52 Å². The monoisotopic (exact) mass is 444 g/mol. The molecule has 2 aromatic rings. The van der Waals surface area contributed by atoms with Crippen LogP contribution in [-0.4, -0.2) is 66.1 Å². The molecule has 8 nitrogen and oxygen atoms in total. The molecule has 1 amide bonds. The van der Waals surface area contributed by atoms with Gasteiger partial charge in [-0.25, -0.2) is 12.7 Å². The van der Waals surface area contributed by atoms with Crippen LogP contribution in [0.5, 0.6) is 0 Å². The van der Waals surface area contributed by atoms with Crippen LogP contribution in [-0.2, 0) is 21.2 Å². The van der Waals surface area contributed by atoms with Crippen molar-refractivity contribution in [2.45, 2.75) is 43.9 Å². The highest BCUT2D eigenvalue weighted by Gasteiger charge is 2.59. The van der Waals surface area contributed by atoms with Crippen LogP contribution in [0.15, 0.2) is 34.9 Å². The van der Waals surface area contributed by atoms with Crippen molar-refractivity contribution in [3.8, 4) is 0 Å². The van der Waals surface area contributed by atoms with E-state index in [1.807, 2.05) is 23.1 Å². The standard InChI is InChI=1S/C22H28N4O4S/c1-31(28,29)26-12-18(21-23-20(24-30-21)17-10-11-17)22(15-26)13-25(14-22)19(27)9-5-8-16-6-3-2-4-7-16/h2-4,6-7,17-18H,5,8-15H2,1H3. The van der Waals surface area contributed by atoms with Gasteiger partial charge in [0.1, 0.15) is 0 Å². The first kappa shape index (κ1) is 20.6. The summed E-state index contributed by atoms with van der Waals surface area (Å²) in [6, 6.07) is 10.2. The van der Waals surface area contributed by atoms with Gasteiger partial charge in [-0.2, -0.15) is 4.98 Å². The Kier molecular flexibility index (Phi) is 5.13. The molecule has 1 saturated carbocycles. The topological polar surface area (TPSA) is 96.6 Å². The van der Waals surface area contributed by atoms with Gasteiger partial charge in [-0.15, -0.1) is 0 Å². The van der Waals surface area contributed by atoms with Crippen molar-refractivity contribution >= 4 is 15.9 Å². The minimum absolute atomic E-state index is 0.127. The second-order valence-corrected chi connectivity index (χ2v) is 11.3. The summed E-state index contributed by atoms with van der Waals surface area (Å²) in [7, 11) is -3.33. The van der Waals surface area contributed by atoms with Crippen LogP contribution in [0, 0.1) is 5.41 Å². The third-order valence-electron chi connectivity index (χ3n) is 6.85. The lowest BCUT2D eigenvalue weighted by Gasteiger charge is -2.50. The summed E-state index contributed by atoms with van der Waals surface area (Å²) >= 11 is 0. The summed E-state index contributed by atoms with van der Waals surface area (Å²) in [5.74, 6) is 1.59. The molecule has 2 aliphatic heterocycles. The molecule has 1 aliphatic carbocycles. The van der Waals surface area contributed by atoms with Gasteiger partial charge in [0.25, 0.3) is 0 Å². The van der Waals surface area contributed by atoms with Gasteiger partial charge < -0.3 is 9.42 Å². The molecule has 3 aliphatic rings. The molecule has 0 bridgehead atoms. The summed E-state index contributed by atoms with van der Waals surface area (Å²) in [6.45, 7) is 1.80. The zero-order chi connectivity index (χ0) is 21.6. The number of aromatic nitrogens is 2. The average Bonchev–Trinajstić information content (AvgIpc) is 3.29. The smallest absolute Gasteiger partial charge is 0.231 e. The lowest BCUT2D eigenvalue weighted by molar-refractivity contribution is -0.143. The minimum atomic E-state index is -3.33. The molecule has 1 aromatic heterocycles. The number of carbonyl (C=O) groups is 1. The fourth-order valence-corrected chi connectivity index (χ4v) is 5.78. The van der Waals surface area contributed by atoms with E-state index in [-0.39, 0.29) is 17.2 Å². The Balaban J connectivity index is 1.24. The van der Waals surface area contributed by atoms with Gasteiger partial charge in [0.15, 0.2) is 5.82 Å². The number of nitrogens with zero attached hydrogens (tertiary/aromatic N) is 4. The molecule has 3 fully saturated rings. The first-order chi connectivity index (χ1) is 14.8. The van der Waals surface area contributed by atoms with Crippen LogP contribution in [0.4, 0.5) is 0 Å². The van der Waals surface area contributed by atoms with Crippen molar-refractivity contribution in [2.24, 2.45) is 5.41 Å². The molecule has 2 saturated heterocycles. The maximum absolute atomic E-state index is 12.7. The molecule has 1 aromatic carbocycles. The van der Waals surface area contributed by atoms with Crippen molar-refractivity contribution in [1.29, 1.82) is 0 Å². The number of rotatable bonds is 7. The molecule has 5 rings (SSSR count). The van der Waals surface area contributed by atoms with Crippen LogP contribution in [0.3, 0.4) is 0 Å². The summed E-state index contributed by atoms with van der Waals surface area (Å²) in [6.07, 6.45) is 5.57. The Morgan fingerprint density at radius 2 is 1.94 bits per heavy atom. The van der Waals surface area contributed by atoms with E-state index < -0.39 is 10.0 Å². The molecule has 1 unspecified atom stereocenters. The fraction of sp³-hybridized carbons (Fsp3) is 0.591. The van der Waals surface area contributed by atoms with E-state index in [0.29, 0.717) is 44.4 Å². The second kappa shape index (κ2) is 7.70. The Morgan fingerprint density at radius 3 is 2.61 bits per heavy atom.